The molecule has 0 N–H and O–H groups in total. The normalized spacial score (nSPS) is 9.00. The van der Waals surface area contributed by atoms with Gasteiger partial charge < -0.3 is 0 Å². The Labute approximate surface area is 65.7 Å². The monoisotopic (exact) mass is 201 g/mol. The lowest BCUT2D eigenvalue weighted by atomic mass is 10.7. The number of isocyanates is 1. The van der Waals surface area contributed by atoms with Crippen LogP contribution in [0.15, 0.2) is 15.7 Å². The fourth-order valence-electron chi connectivity index (χ4n) is 0.567. The summed E-state index contributed by atoms with van der Waals surface area (Å²) in [5.41, 5.74) is 0. The first kappa shape index (κ1) is 7.18. The highest BCUT2D eigenvalue weighted by molar-refractivity contribution is 9.10. The topological polar surface area (TPSA) is 47.2 Å². The zero-order valence-corrected chi connectivity index (χ0v) is 6.79. The number of carbonyl (C=O) groups excluding carboxylic acids is 1. The molecular formula is C5H4BrN3O. The quantitative estimate of drug-likeness (QED) is 0.506. The van der Waals surface area contributed by atoms with Crippen molar-refractivity contribution in [2.45, 2.75) is 0 Å². The molecule has 0 amide bonds. The zero-order chi connectivity index (χ0) is 7.56. The van der Waals surface area contributed by atoms with Crippen LogP contribution in [0.3, 0.4) is 0 Å². The third-order valence-corrected chi connectivity index (χ3v) is 1.48. The molecule has 0 aromatic carbocycles. The molecule has 0 spiro atoms. The van der Waals surface area contributed by atoms with Gasteiger partial charge in [-0.15, -0.1) is 4.99 Å². The summed E-state index contributed by atoms with van der Waals surface area (Å²) < 4.78 is 2.25. The molecule has 10 heavy (non-hydrogen) atoms. The average molecular weight is 202 g/mol. The molecule has 0 fully saturated rings. The van der Waals surface area contributed by atoms with E-state index in [0.29, 0.717) is 10.3 Å². The number of aliphatic imine (C=N–C) groups is 1. The fourth-order valence-corrected chi connectivity index (χ4v) is 1.03. The molecule has 0 bridgehead atoms. The molecular weight excluding hydrogens is 198 g/mol. The second-order valence-corrected chi connectivity index (χ2v) is 2.53. The summed E-state index contributed by atoms with van der Waals surface area (Å²) in [6, 6.07) is 0. The molecule has 1 rings (SSSR count). The van der Waals surface area contributed by atoms with E-state index < -0.39 is 0 Å². The van der Waals surface area contributed by atoms with Gasteiger partial charge in [0.15, 0.2) is 0 Å². The van der Waals surface area contributed by atoms with E-state index in [9.17, 15) is 4.79 Å². The summed E-state index contributed by atoms with van der Waals surface area (Å²) in [6.07, 6.45) is 3.11. The maximum Gasteiger partial charge on any atom is 0.242 e. The van der Waals surface area contributed by atoms with Crippen LogP contribution in [-0.4, -0.2) is 15.9 Å². The van der Waals surface area contributed by atoms with Crippen LogP contribution in [0.2, 0.25) is 0 Å². The summed E-state index contributed by atoms with van der Waals surface area (Å²) >= 11 is 3.16. The molecule has 0 saturated carbocycles. The molecule has 5 heteroatoms. The summed E-state index contributed by atoms with van der Waals surface area (Å²) in [4.78, 5) is 13.1. The van der Waals surface area contributed by atoms with E-state index in [1.807, 2.05) is 0 Å². The maximum absolute atomic E-state index is 9.77. The highest BCUT2D eigenvalue weighted by Crippen LogP contribution is 2.21. The molecule has 4 nitrogen and oxygen atoms in total. The zero-order valence-electron chi connectivity index (χ0n) is 5.21. The number of hydrogen-bond acceptors (Lipinski definition) is 3. The van der Waals surface area contributed by atoms with Gasteiger partial charge in [0.05, 0.1) is 4.47 Å². The van der Waals surface area contributed by atoms with Gasteiger partial charge in [-0.1, -0.05) is 0 Å². The van der Waals surface area contributed by atoms with Crippen molar-refractivity contribution in [3.05, 3.63) is 10.7 Å². The van der Waals surface area contributed by atoms with Crippen molar-refractivity contribution in [1.82, 2.24) is 9.78 Å². The lowest BCUT2D eigenvalue weighted by Crippen LogP contribution is -1.84. The lowest BCUT2D eigenvalue weighted by Gasteiger charge is -1.79. The Morgan fingerprint density at radius 3 is 3.00 bits per heavy atom. The number of rotatable bonds is 1. The Hall–Kier alpha value is -0.930. The Bertz CT molecular complexity index is 287. The van der Waals surface area contributed by atoms with Gasteiger partial charge >= 0.3 is 0 Å². The Kier molecular flexibility index (Phi) is 1.99. The Morgan fingerprint density at radius 2 is 2.60 bits per heavy atom. The van der Waals surface area contributed by atoms with Gasteiger partial charge in [0.2, 0.25) is 11.9 Å². The largest absolute Gasteiger partial charge is 0.272 e. The molecule has 0 saturated heterocycles. The predicted octanol–water partition coefficient (Wildman–Crippen LogP) is 1.15. The first-order valence-electron chi connectivity index (χ1n) is 2.51. The van der Waals surface area contributed by atoms with Gasteiger partial charge in [-0.05, 0) is 15.9 Å². The maximum atomic E-state index is 9.77. The third kappa shape index (κ3) is 1.32. The number of aromatic nitrogens is 2. The van der Waals surface area contributed by atoms with Crippen molar-refractivity contribution >= 4 is 27.8 Å². The van der Waals surface area contributed by atoms with E-state index in [-0.39, 0.29) is 0 Å². The second-order valence-electron chi connectivity index (χ2n) is 1.68. The number of aryl methyl sites for hydroxylation is 1. The summed E-state index contributed by atoms with van der Waals surface area (Å²) in [5.74, 6) is 0.359. The van der Waals surface area contributed by atoms with E-state index >= 15 is 0 Å². The minimum Gasteiger partial charge on any atom is -0.272 e. The van der Waals surface area contributed by atoms with Gasteiger partial charge in [0, 0.05) is 13.2 Å². The van der Waals surface area contributed by atoms with Crippen LogP contribution in [0, 0.1) is 0 Å². The first-order valence-corrected chi connectivity index (χ1v) is 3.30. The molecule has 0 aliphatic rings. The summed E-state index contributed by atoms with van der Waals surface area (Å²) in [5, 5.41) is 3.84. The van der Waals surface area contributed by atoms with Crippen molar-refractivity contribution in [2.24, 2.45) is 12.0 Å². The molecule has 0 radical (unpaired) electrons. The minimum absolute atomic E-state index is 0.359. The standard InChI is InChI=1S/C5H4BrN3O/c1-9-2-4(6)5(8-9)7-3-10/h2H,1H3. The molecule has 0 aliphatic heterocycles. The van der Waals surface area contributed by atoms with Gasteiger partial charge in [-0.25, -0.2) is 4.79 Å². The molecule has 1 aromatic heterocycles. The Balaban J connectivity index is 3.14. The van der Waals surface area contributed by atoms with Crippen molar-refractivity contribution in [2.75, 3.05) is 0 Å². The number of halogens is 1. The van der Waals surface area contributed by atoms with Gasteiger partial charge in [0.25, 0.3) is 0 Å². The highest BCUT2D eigenvalue weighted by atomic mass is 79.9. The van der Waals surface area contributed by atoms with Gasteiger partial charge in [-0.3, -0.25) is 4.68 Å². The molecule has 1 aromatic rings. The van der Waals surface area contributed by atoms with Crippen molar-refractivity contribution in [3.8, 4) is 0 Å². The lowest BCUT2D eigenvalue weighted by molar-refractivity contribution is 0.565. The van der Waals surface area contributed by atoms with Crippen molar-refractivity contribution in [1.29, 1.82) is 0 Å². The van der Waals surface area contributed by atoms with Crippen LogP contribution in [0.1, 0.15) is 0 Å². The molecule has 0 atom stereocenters. The van der Waals surface area contributed by atoms with E-state index in [4.69, 9.17) is 0 Å². The third-order valence-electron chi connectivity index (χ3n) is 0.918. The van der Waals surface area contributed by atoms with Gasteiger partial charge in [0.1, 0.15) is 0 Å². The first-order chi connectivity index (χ1) is 4.74. The average Bonchev–Trinajstić information content (AvgIpc) is 2.13. The predicted molar refractivity (Wildman–Crippen MR) is 38.7 cm³/mol. The van der Waals surface area contributed by atoms with Gasteiger partial charge in [-0.2, -0.15) is 5.10 Å². The SMILES string of the molecule is Cn1cc(Br)c(N=C=O)n1. The van der Waals surface area contributed by atoms with Crippen LogP contribution in [0.5, 0.6) is 0 Å². The van der Waals surface area contributed by atoms with Crippen LogP contribution in [0.4, 0.5) is 5.82 Å². The van der Waals surface area contributed by atoms with Crippen molar-refractivity contribution in [3.63, 3.8) is 0 Å². The van der Waals surface area contributed by atoms with Crippen molar-refractivity contribution < 1.29 is 4.79 Å². The minimum atomic E-state index is 0.359. The smallest absolute Gasteiger partial charge is 0.242 e. The highest BCUT2D eigenvalue weighted by Gasteiger charge is 2.00. The summed E-state index contributed by atoms with van der Waals surface area (Å²) in [7, 11) is 1.74. The number of nitrogens with zero attached hydrogens (tertiary/aromatic N) is 3. The van der Waals surface area contributed by atoms with Crippen LogP contribution < -0.4 is 0 Å². The van der Waals surface area contributed by atoms with E-state index in [1.54, 1.807) is 17.9 Å². The summed E-state index contributed by atoms with van der Waals surface area (Å²) in [6.45, 7) is 0. The van der Waals surface area contributed by atoms with Crippen LogP contribution in [0.25, 0.3) is 0 Å². The molecule has 0 aliphatic carbocycles. The van der Waals surface area contributed by atoms with E-state index in [1.165, 1.54) is 6.08 Å². The van der Waals surface area contributed by atoms with E-state index in [0.717, 1.165) is 0 Å². The molecule has 1 heterocycles. The second kappa shape index (κ2) is 2.77. The van der Waals surface area contributed by atoms with Crippen LogP contribution in [-0.2, 0) is 11.8 Å². The fraction of sp³-hybridized carbons (Fsp3) is 0.200. The molecule has 0 unspecified atom stereocenters. The Morgan fingerprint density at radius 1 is 1.90 bits per heavy atom. The number of hydrogen-bond donors (Lipinski definition) is 0. The van der Waals surface area contributed by atoms with Crippen LogP contribution >= 0.6 is 15.9 Å². The van der Waals surface area contributed by atoms with E-state index in [2.05, 4.69) is 26.0 Å². The molecule has 52 valence electrons.